The molecule has 1 nitrogen and oxygen atoms in total. The summed E-state index contributed by atoms with van der Waals surface area (Å²) in [5.74, 6) is 0. The fraction of sp³-hybridized carbons (Fsp3) is 0.176. The zero-order valence-corrected chi connectivity index (χ0v) is 15.1. The van der Waals surface area contributed by atoms with E-state index >= 15 is 0 Å². The smallest absolute Gasteiger partial charge is 1.00 e. The van der Waals surface area contributed by atoms with Gasteiger partial charge in [-0.05, 0) is 13.3 Å². The van der Waals surface area contributed by atoms with Crippen LogP contribution in [0.1, 0.15) is 18.9 Å². The summed E-state index contributed by atoms with van der Waals surface area (Å²) < 4.78 is 0. The second-order valence-corrected chi connectivity index (χ2v) is 4.23. The number of aliphatic hydroxyl groups is 1. The quantitative estimate of drug-likeness (QED) is 0.463. The molecule has 0 bridgehead atoms. The van der Waals surface area contributed by atoms with Crippen molar-refractivity contribution in [1.82, 2.24) is 0 Å². The number of hydrogen-bond donors (Lipinski definition) is 1. The third-order valence-corrected chi connectivity index (χ3v) is 3.15. The van der Waals surface area contributed by atoms with Crippen molar-refractivity contribution in [1.29, 1.82) is 0 Å². The van der Waals surface area contributed by atoms with Crippen molar-refractivity contribution >= 4 is 16.3 Å². The Kier molecular flexibility index (Phi) is 12.0. The minimum Gasteiger partial charge on any atom is -1.00 e. The Hall–Kier alpha value is -0.566. The Balaban J connectivity index is 0. The number of halogens is 2. The summed E-state index contributed by atoms with van der Waals surface area (Å²) in [5, 5.41) is 9.46. The Bertz CT molecular complexity index is 621. The largest absolute Gasteiger partial charge is 3.00 e. The van der Waals surface area contributed by atoms with E-state index in [1.165, 1.54) is 27.5 Å². The van der Waals surface area contributed by atoms with E-state index < -0.39 is 0 Å². The van der Waals surface area contributed by atoms with Crippen LogP contribution in [0.25, 0.3) is 16.3 Å². The number of fused-ring (bicyclic) bond motifs is 1. The number of rotatable bonds is 1. The van der Waals surface area contributed by atoms with Crippen LogP contribution in [0.3, 0.4) is 0 Å². The fourth-order valence-electron chi connectivity index (χ4n) is 2.23. The molecule has 0 unspecified atom stereocenters. The minimum absolute atomic E-state index is 0. The van der Waals surface area contributed by atoms with Gasteiger partial charge in [-0.3, -0.25) is 0 Å². The maximum Gasteiger partial charge on any atom is 3.00 e. The van der Waals surface area contributed by atoms with Gasteiger partial charge in [0.2, 0.25) is 0 Å². The van der Waals surface area contributed by atoms with E-state index in [1.54, 1.807) is 0 Å². The standard InChI is InChI=1S/C16H13.CH4O.2ClH.Ti/c1-12-5-4-8-16(12)15-10-9-13-6-2-3-7-14(13)11-15;1-2;;;/h2-7,9-10H,8H2,1H3;2H,1H3;2*1H;/q-1;;;;+3/p-2. The molecule has 0 fully saturated rings. The Morgan fingerprint density at radius 2 is 1.67 bits per heavy atom. The van der Waals surface area contributed by atoms with Crippen LogP contribution in [-0.4, -0.2) is 12.2 Å². The van der Waals surface area contributed by atoms with E-state index in [1.807, 2.05) is 0 Å². The molecule has 1 aliphatic rings. The van der Waals surface area contributed by atoms with Crippen molar-refractivity contribution in [2.75, 3.05) is 7.11 Å². The molecule has 109 valence electrons. The third-order valence-electron chi connectivity index (χ3n) is 3.15. The van der Waals surface area contributed by atoms with Gasteiger partial charge in [-0.25, -0.2) is 0 Å². The van der Waals surface area contributed by atoms with E-state index in [2.05, 4.69) is 61.5 Å². The van der Waals surface area contributed by atoms with E-state index in [-0.39, 0.29) is 46.5 Å². The van der Waals surface area contributed by atoms with Gasteiger partial charge in [-0.1, -0.05) is 46.9 Å². The van der Waals surface area contributed by atoms with Gasteiger partial charge in [0, 0.05) is 7.11 Å². The van der Waals surface area contributed by atoms with Crippen molar-refractivity contribution in [3.8, 4) is 0 Å². The first-order valence-corrected chi connectivity index (χ1v) is 6.07. The van der Waals surface area contributed by atoms with E-state index in [9.17, 15) is 0 Å². The van der Waals surface area contributed by atoms with Crippen LogP contribution in [-0.2, 0) is 21.7 Å². The van der Waals surface area contributed by atoms with Crippen LogP contribution in [0.15, 0.2) is 54.1 Å². The molecule has 1 radical (unpaired) electrons. The molecular formula is C17H17Cl2OTi. The van der Waals surface area contributed by atoms with Crippen LogP contribution in [0.5, 0.6) is 0 Å². The predicted octanol–water partition coefficient (Wildman–Crippen LogP) is -2.01. The fourth-order valence-corrected chi connectivity index (χ4v) is 2.23. The normalized spacial score (nSPS) is 11.8. The van der Waals surface area contributed by atoms with Gasteiger partial charge in [0.25, 0.3) is 0 Å². The second kappa shape index (κ2) is 11.1. The Labute approximate surface area is 153 Å². The molecule has 0 saturated heterocycles. The van der Waals surface area contributed by atoms with Crippen molar-refractivity contribution in [3.05, 3.63) is 65.8 Å². The van der Waals surface area contributed by atoms with Crippen LogP contribution in [0.2, 0.25) is 0 Å². The average Bonchev–Trinajstić information content (AvgIpc) is 2.87. The molecule has 0 atom stereocenters. The molecule has 1 aliphatic carbocycles. The zero-order valence-electron chi connectivity index (χ0n) is 12.0. The van der Waals surface area contributed by atoms with Gasteiger partial charge in [0.1, 0.15) is 0 Å². The summed E-state index contributed by atoms with van der Waals surface area (Å²) in [6.07, 6.45) is 5.45. The maximum absolute atomic E-state index is 7.00. The van der Waals surface area contributed by atoms with Crippen molar-refractivity contribution in [2.24, 2.45) is 0 Å². The number of benzene rings is 2. The summed E-state index contributed by atoms with van der Waals surface area (Å²) in [7, 11) is 1.00. The first-order valence-electron chi connectivity index (χ1n) is 6.07. The van der Waals surface area contributed by atoms with Crippen molar-refractivity contribution < 1.29 is 51.6 Å². The molecule has 21 heavy (non-hydrogen) atoms. The number of allylic oxidation sites excluding steroid dienone is 4. The molecule has 3 rings (SSSR count). The summed E-state index contributed by atoms with van der Waals surface area (Å²) in [6, 6.07) is 16.2. The second-order valence-electron chi connectivity index (χ2n) is 4.23. The maximum atomic E-state index is 7.00. The number of aliphatic hydroxyl groups excluding tert-OH is 1. The van der Waals surface area contributed by atoms with E-state index in [0.29, 0.717) is 0 Å². The predicted molar refractivity (Wildman–Crippen MR) is 77.3 cm³/mol. The van der Waals surface area contributed by atoms with Gasteiger partial charge < -0.3 is 29.9 Å². The van der Waals surface area contributed by atoms with E-state index in [4.69, 9.17) is 5.11 Å². The van der Waals surface area contributed by atoms with Crippen LogP contribution in [0, 0.1) is 6.07 Å². The van der Waals surface area contributed by atoms with Gasteiger partial charge in [-0.2, -0.15) is 0 Å². The molecule has 4 heteroatoms. The summed E-state index contributed by atoms with van der Waals surface area (Å²) in [5.41, 5.74) is 4.01. The Morgan fingerprint density at radius 1 is 1.00 bits per heavy atom. The molecular weight excluding hydrogens is 339 g/mol. The SMILES string of the molecule is CC1=C(c2[c-]c3ccccc3cc2)CC=C1.CO.[Cl-].[Cl-].[Ti+3]. The Morgan fingerprint density at radius 3 is 2.29 bits per heavy atom. The molecule has 0 amide bonds. The summed E-state index contributed by atoms with van der Waals surface area (Å²) in [6.45, 7) is 2.17. The first kappa shape index (κ1) is 22.7. The molecule has 0 aliphatic heterocycles. The average molecular weight is 356 g/mol. The molecule has 0 heterocycles. The third kappa shape index (κ3) is 5.28. The first-order chi connectivity index (χ1) is 8.84. The minimum atomic E-state index is 0. The van der Waals surface area contributed by atoms with Gasteiger partial charge in [0.05, 0.1) is 0 Å². The van der Waals surface area contributed by atoms with Crippen LogP contribution >= 0.6 is 0 Å². The van der Waals surface area contributed by atoms with Gasteiger partial charge in [-0.15, -0.1) is 35.2 Å². The topological polar surface area (TPSA) is 20.2 Å². The zero-order chi connectivity index (χ0) is 13.0. The molecule has 2 aromatic rings. The molecule has 0 saturated carbocycles. The summed E-state index contributed by atoms with van der Waals surface area (Å²) >= 11 is 0. The molecule has 0 aromatic heterocycles. The van der Waals surface area contributed by atoms with Gasteiger partial charge >= 0.3 is 21.7 Å². The molecule has 2 aromatic carbocycles. The summed E-state index contributed by atoms with van der Waals surface area (Å²) in [4.78, 5) is 0. The number of hydrogen-bond acceptors (Lipinski definition) is 1. The molecule has 0 spiro atoms. The molecule has 1 N–H and O–H groups in total. The van der Waals surface area contributed by atoms with Crippen molar-refractivity contribution in [3.63, 3.8) is 0 Å². The van der Waals surface area contributed by atoms with Gasteiger partial charge in [0.15, 0.2) is 0 Å². The van der Waals surface area contributed by atoms with Crippen LogP contribution < -0.4 is 24.8 Å². The van der Waals surface area contributed by atoms with E-state index in [0.717, 1.165) is 13.5 Å². The van der Waals surface area contributed by atoms with Crippen molar-refractivity contribution in [2.45, 2.75) is 13.3 Å². The monoisotopic (exact) mass is 355 g/mol. The van der Waals surface area contributed by atoms with Crippen LogP contribution in [0.4, 0.5) is 0 Å².